The molecule has 1 aromatic rings. The molecule has 1 aromatic carbocycles. The van der Waals surface area contributed by atoms with E-state index in [0.29, 0.717) is 0 Å². The molecule has 1 fully saturated rings. The summed E-state index contributed by atoms with van der Waals surface area (Å²) in [4.78, 5) is 24.2. The van der Waals surface area contributed by atoms with Crippen molar-refractivity contribution in [3.8, 4) is 0 Å². The normalized spacial score (nSPS) is 14.6. The van der Waals surface area contributed by atoms with Crippen LogP contribution in [0.15, 0.2) is 28.4 Å². The lowest BCUT2D eigenvalue weighted by molar-refractivity contribution is -0.138. The minimum atomic E-state index is -0.921. The summed E-state index contributed by atoms with van der Waals surface area (Å²) < 4.78 is 32.1. The van der Waals surface area contributed by atoms with Crippen molar-refractivity contribution in [3.63, 3.8) is 0 Å². The van der Waals surface area contributed by atoms with Crippen LogP contribution < -0.4 is 5.32 Å². The Bertz CT molecular complexity index is 642. The fraction of sp³-hybridized carbons (Fsp3) is 0.333. The zero-order valence-electron chi connectivity index (χ0n) is 11.8. The molecule has 7 heteroatoms. The van der Waals surface area contributed by atoms with Gasteiger partial charge in [0, 0.05) is 12.2 Å². The highest BCUT2D eigenvalue weighted by Gasteiger charge is 2.27. The van der Waals surface area contributed by atoms with Crippen molar-refractivity contribution in [1.82, 2.24) is 5.32 Å². The molecule has 0 aliphatic heterocycles. The molecule has 0 saturated heterocycles. The van der Waals surface area contributed by atoms with Crippen molar-refractivity contribution in [1.29, 1.82) is 0 Å². The van der Waals surface area contributed by atoms with Crippen LogP contribution in [0.1, 0.15) is 30.1 Å². The minimum Gasteiger partial charge on any atom is -0.462 e. The number of rotatable bonds is 6. The molecule has 1 N–H and O–H groups in total. The highest BCUT2D eigenvalue weighted by molar-refractivity contribution is 9.10. The van der Waals surface area contributed by atoms with Gasteiger partial charge in [-0.3, -0.25) is 4.79 Å². The van der Waals surface area contributed by atoms with Crippen LogP contribution in [0.25, 0.3) is 0 Å². The van der Waals surface area contributed by atoms with E-state index in [4.69, 9.17) is 4.74 Å². The summed E-state index contributed by atoms with van der Waals surface area (Å²) >= 11 is 2.83. The molecule has 1 aliphatic rings. The first-order valence-corrected chi connectivity index (χ1v) is 7.56. The van der Waals surface area contributed by atoms with Crippen molar-refractivity contribution in [2.45, 2.75) is 25.8 Å². The topological polar surface area (TPSA) is 55.4 Å². The number of Topliss-reactive ketones (excluding diaryl/α,β-unsaturated/α-hetero) is 1. The number of ether oxygens (including phenoxy) is 1. The Kier molecular flexibility index (Phi) is 5.28. The molecule has 22 heavy (non-hydrogen) atoms. The SMILES string of the molecule is CCOC(=O)/C(=C\NC1CC1)C(=O)c1cc(F)c(Br)cc1F. The summed E-state index contributed by atoms with van der Waals surface area (Å²) in [5, 5.41) is 2.88. The van der Waals surface area contributed by atoms with E-state index >= 15 is 0 Å². The molecule has 1 aliphatic carbocycles. The van der Waals surface area contributed by atoms with Gasteiger partial charge in [0.15, 0.2) is 0 Å². The molecule has 0 radical (unpaired) electrons. The third-order valence-corrected chi connectivity index (χ3v) is 3.64. The van der Waals surface area contributed by atoms with Gasteiger partial charge in [-0.2, -0.15) is 0 Å². The number of ketones is 1. The number of carbonyl (C=O) groups is 2. The lowest BCUT2D eigenvalue weighted by Gasteiger charge is -2.09. The molecule has 0 aromatic heterocycles. The first-order chi connectivity index (χ1) is 10.4. The molecule has 4 nitrogen and oxygen atoms in total. The van der Waals surface area contributed by atoms with Gasteiger partial charge in [0.05, 0.1) is 16.6 Å². The molecular formula is C15H14BrF2NO3. The van der Waals surface area contributed by atoms with E-state index in [1.807, 2.05) is 0 Å². The van der Waals surface area contributed by atoms with Gasteiger partial charge in [-0.1, -0.05) is 0 Å². The van der Waals surface area contributed by atoms with Crippen LogP contribution in [0.2, 0.25) is 0 Å². The summed E-state index contributed by atoms with van der Waals surface area (Å²) in [6, 6.07) is 1.80. The molecule has 0 spiro atoms. The Morgan fingerprint density at radius 1 is 1.36 bits per heavy atom. The number of hydrogen-bond donors (Lipinski definition) is 1. The summed E-state index contributed by atoms with van der Waals surface area (Å²) in [6.07, 6.45) is 3.08. The van der Waals surface area contributed by atoms with E-state index in [1.54, 1.807) is 6.92 Å². The molecule has 118 valence electrons. The summed E-state index contributed by atoms with van der Waals surface area (Å²) in [5.74, 6) is -3.50. The Morgan fingerprint density at radius 3 is 2.64 bits per heavy atom. The average molecular weight is 374 g/mol. The number of benzene rings is 1. The van der Waals surface area contributed by atoms with Crippen LogP contribution in [0, 0.1) is 11.6 Å². The second kappa shape index (κ2) is 7.00. The smallest absolute Gasteiger partial charge is 0.343 e. The fourth-order valence-corrected chi connectivity index (χ4v) is 2.03. The van der Waals surface area contributed by atoms with E-state index in [-0.39, 0.29) is 22.7 Å². The van der Waals surface area contributed by atoms with Crippen molar-refractivity contribution < 1.29 is 23.1 Å². The predicted octanol–water partition coefficient (Wildman–Crippen LogP) is 3.11. The lowest BCUT2D eigenvalue weighted by Crippen LogP contribution is -2.21. The van der Waals surface area contributed by atoms with Crippen LogP contribution >= 0.6 is 15.9 Å². The van der Waals surface area contributed by atoms with Gasteiger partial charge in [-0.15, -0.1) is 0 Å². The number of nitrogens with one attached hydrogen (secondary N) is 1. The van der Waals surface area contributed by atoms with E-state index in [0.717, 1.165) is 25.0 Å². The highest BCUT2D eigenvalue weighted by Crippen LogP contribution is 2.23. The van der Waals surface area contributed by atoms with Crippen LogP contribution in [0.3, 0.4) is 0 Å². The molecular weight excluding hydrogens is 360 g/mol. The van der Waals surface area contributed by atoms with Crippen molar-refractivity contribution >= 4 is 27.7 Å². The summed E-state index contributed by atoms with van der Waals surface area (Å²) in [5.41, 5.74) is -0.869. The third-order valence-electron chi connectivity index (χ3n) is 3.04. The number of hydrogen-bond acceptors (Lipinski definition) is 4. The van der Waals surface area contributed by atoms with E-state index < -0.39 is 29.0 Å². The van der Waals surface area contributed by atoms with E-state index in [2.05, 4.69) is 21.2 Å². The summed E-state index contributed by atoms with van der Waals surface area (Å²) in [6.45, 7) is 1.66. The summed E-state index contributed by atoms with van der Waals surface area (Å²) in [7, 11) is 0. The maximum atomic E-state index is 13.9. The van der Waals surface area contributed by atoms with Gasteiger partial charge >= 0.3 is 5.97 Å². The number of esters is 1. The van der Waals surface area contributed by atoms with Gasteiger partial charge in [0.25, 0.3) is 0 Å². The Balaban J connectivity index is 2.33. The zero-order valence-corrected chi connectivity index (χ0v) is 13.4. The monoisotopic (exact) mass is 373 g/mol. The van der Waals surface area contributed by atoms with Gasteiger partial charge < -0.3 is 10.1 Å². The fourth-order valence-electron chi connectivity index (χ4n) is 1.72. The van der Waals surface area contributed by atoms with Crippen LogP contribution in [0.5, 0.6) is 0 Å². The predicted molar refractivity (Wildman–Crippen MR) is 79.3 cm³/mol. The van der Waals surface area contributed by atoms with Crippen LogP contribution in [-0.4, -0.2) is 24.4 Å². The molecule has 2 rings (SSSR count). The maximum absolute atomic E-state index is 13.9. The molecule has 0 unspecified atom stereocenters. The number of carbonyl (C=O) groups excluding carboxylic acids is 2. The largest absolute Gasteiger partial charge is 0.462 e. The molecule has 0 amide bonds. The van der Waals surface area contributed by atoms with Crippen LogP contribution in [0.4, 0.5) is 8.78 Å². The third kappa shape index (κ3) is 3.91. The van der Waals surface area contributed by atoms with Gasteiger partial charge in [0.1, 0.15) is 17.2 Å². The molecule has 1 saturated carbocycles. The first kappa shape index (κ1) is 16.6. The molecule has 0 heterocycles. The standard InChI is InChI=1S/C15H14BrF2NO3/c1-2-22-15(21)10(7-19-8-3-4-8)14(20)9-5-13(18)11(16)6-12(9)17/h5-8,19H,2-4H2,1H3/b10-7-. The Labute approximate surface area is 134 Å². The van der Waals surface area contributed by atoms with Crippen molar-refractivity contribution in [3.05, 3.63) is 45.6 Å². The number of halogens is 3. The van der Waals surface area contributed by atoms with E-state index in [9.17, 15) is 18.4 Å². The van der Waals surface area contributed by atoms with Crippen molar-refractivity contribution in [2.75, 3.05) is 6.61 Å². The first-order valence-electron chi connectivity index (χ1n) is 6.76. The van der Waals surface area contributed by atoms with Gasteiger partial charge in [0.2, 0.25) is 5.78 Å². The second-order valence-corrected chi connectivity index (χ2v) is 5.65. The maximum Gasteiger partial charge on any atom is 0.343 e. The van der Waals surface area contributed by atoms with Gasteiger partial charge in [-0.25, -0.2) is 13.6 Å². The molecule has 0 bridgehead atoms. The Morgan fingerprint density at radius 2 is 2.05 bits per heavy atom. The van der Waals surface area contributed by atoms with Crippen molar-refractivity contribution in [2.24, 2.45) is 0 Å². The molecule has 0 atom stereocenters. The quantitative estimate of drug-likeness (QED) is 0.208. The lowest BCUT2D eigenvalue weighted by atomic mass is 10.0. The van der Waals surface area contributed by atoms with Crippen LogP contribution in [-0.2, 0) is 9.53 Å². The zero-order chi connectivity index (χ0) is 16.3. The van der Waals surface area contributed by atoms with E-state index in [1.165, 1.54) is 6.20 Å². The minimum absolute atomic E-state index is 0.0735. The second-order valence-electron chi connectivity index (χ2n) is 4.79. The van der Waals surface area contributed by atoms with Gasteiger partial charge in [-0.05, 0) is 47.8 Å². The average Bonchev–Trinajstić information content (AvgIpc) is 3.27. The highest BCUT2D eigenvalue weighted by atomic mass is 79.9. The Hall–Kier alpha value is -1.76.